The maximum Gasteiger partial charge on any atom is 0.236 e. The average molecular weight is 270 g/mol. The van der Waals surface area contributed by atoms with Crippen LogP contribution < -0.4 is 5.32 Å². The van der Waals surface area contributed by atoms with E-state index in [1.165, 1.54) is 19.1 Å². The van der Waals surface area contributed by atoms with E-state index in [2.05, 4.69) is 5.32 Å². The maximum atomic E-state index is 13.7. The molecule has 1 rings (SSSR count). The van der Waals surface area contributed by atoms with E-state index in [1.807, 2.05) is 6.92 Å². The molecule has 1 atom stereocenters. The molecule has 3 nitrogen and oxygen atoms in total. The standard InChI is InChI=1S/C14H20F2N2O/c1-5-18(4)14(19)8-17-10(3)11-7-12(15)9(2)6-13(11)16/h6-7,10,17H,5,8H2,1-4H3. The van der Waals surface area contributed by atoms with Crippen molar-refractivity contribution in [2.45, 2.75) is 26.8 Å². The van der Waals surface area contributed by atoms with Gasteiger partial charge in [0.25, 0.3) is 0 Å². The molecule has 1 unspecified atom stereocenters. The van der Waals surface area contributed by atoms with Crippen molar-refractivity contribution in [1.29, 1.82) is 0 Å². The first-order chi connectivity index (χ1) is 8.86. The van der Waals surface area contributed by atoms with Crippen LogP contribution in [-0.4, -0.2) is 30.9 Å². The highest BCUT2D eigenvalue weighted by molar-refractivity contribution is 5.77. The lowest BCUT2D eigenvalue weighted by Gasteiger charge is -2.19. The third-order valence-corrected chi connectivity index (χ3v) is 3.20. The van der Waals surface area contributed by atoms with Crippen molar-refractivity contribution in [1.82, 2.24) is 10.2 Å². The molecule has 0 radical (unpaired) electrons. The van der Waals surface area contributed by atoms with E-state index < -0.39 is 17.7 Å². The van der Waals surface area contributed by atoms with Gasteiger partial charge in [0.15, 0.2) is 0 Å². The molecule has 1 aromatic carbocycles. The lowest BCUT2D eigenvalue weighted by Crippen LogP contribution is -2.36. The largest absolute Gasteiger partial charge is 0.345 e. The summed E-state index contributed by atoms with van der Waals surface area (Å²) < 4.78 is 27.2. The van der Waals surface area contributed by atoms with Crippen LogP contribution in [0.3, 0.4) is 0 Å². The minimum Gasteiger partial charge on any atom is -0.345 e. The van der Waals surface area contributed by atoms with Crippen LogP contribution in [0.2, 0.25) is 0 Å². The Kier molecular flexibility index (Phi) is 5.42. The summed E-state index contributed by atoms with van der Waals surface area (Å²) in [4.78, 5) is 13.2. The predicted molar refractivity (Wildman–Crippen MR) is 70.8 cm³/mol. The smallest absolute Gasteiger partial charge is 0.236 e. The van der Waals surface area contributed by atoms with Crippen molar-refractivity contribution in [2.24, 2.45) is 0 Å². The lowest BCUT2D eigenvalue weighted by molar-refractivity contribution is -0.128. The first kappa shape index (κ1) is 15.6. The Morgan fingerprint density at radius 1 is 1.37 bits per heavy atom. The Morgan fingerprint density at radius 3 is 2.58 bits per heavy atom. The Balaban J connectivity index is 2.71. The summed E-state index contributed by atoms with van der Waals surface area (Å²) in [5.74, 6) is -0.986. The monoisotopic (exact) mass is 270 g/mol. The molecule has 1 aromatic rings. The summed E-state index contributed by atoms with van der Waals surface area (Å²) >= 11 is 0. The Labute approximate surface area is 112 Å². The number of amides is 1. The fraction of sp³-hybridized carbons (Fsp3) is 0.500. The van der Waals surface area contributed by atoms with Gasteiger partial charge in [-0.25, -0.2) is 8.78 Å². The molecule has 0 spiro atoms. The predicted octanol–water partition coefficient (Wildman–Crippen LogP) is 2.40. The van der Waals surface area contributed by atoms with E-state index in [1.54, 1.807) is 18.9 Å². The van der Waals surface area contributed by atoms with Gasteiger partial charge < -0.3 is 10.2 Å². The van der Waals surface area contributed by atoms with Crippen molar-refractivity contribution < 1.29 is 13.6 Å². The molecule has 0 fully saturated rings. The number of nitrogens with one attached hydrogen (secondary N) is 1. The topological polar surface area (TPSA) is 32.3 Å². The molecule has 0 aliphatic carbocycles. The summed E-state index contributed by atoms with van der Waals surface area (Å²) in [6, 6.07) is 1.92. The number of hydrogen-bond acceptors (Lipinski definition) is 2. The molecule has 1 N–H and O–H groups in total. The highest BCUT2D eigenvalue weighted by Crippen LogP contribution is 2.20. The van der Waals surface area contributed by atoms with Crippen LogP contribution in [0.5, 0.6) is 0 Å². The van der Waals surface area contributed by atoms with Crippen molar-refractivity contribution in [3.63, 3.8) is 0 Å². The third kappa shape index (κ3) is 3.99. The van der Waals surface area contributed by atoms with Gasteiger partial charge in [-0.05, 0) is 38.5 Å². The van der Waals surface area contributed by atoms with E-state index >= 15 is 0 Å². The fourth-order valence-corrected chi connectivity index (χ4v) is 1.66. The number of aryl methyl sites for hydroxylation is 1. The molecule has 0 aromatic heterocycles. The lowest BCUT2D eigenvalue weighted by atomic mass is 10.1. The van der Waals surface area contributed by atoms with Crippen LogP contribution in [0.4, 0.5) is 8.78 Å². The maximum absolute atomic E-state index is 13.7. The third-order valence-electron chi connectivity index (χ3n) is 3.20. The van der Waals surface area contributed by atoms with E-state index in [0.717, 1.165) is 0 Å². The summed E-state index contributed by atoms with van der Waals surface area (Å²) in [5.41, 5.74) is 0.505. The van der Waals surface area contributed by atoms with Gasteiger partial charge in [0, 0.05) is 25.2 Å². The average Bonchev–Trinajstić information content (AvgIpc) is 2.38. The highest BCUT2D eigenvalue weighted by Gasteiger charge is 2.15. The number of hydrogen-bond donors (Lipinski definition) is 1. The summed E-state index contributed by atoms with van der Waals surface area (Å²) in [5, 5.41) is 2.90. The van der Waals surface area contributed by atoms with E-state index in [9.17, 15) is 13.6 Å². The molecule has 0 heterocycles. The molecule has 0 saturated heterocycles. The number of rotatable bonds is 5. The number of nitrogens with zero attached hydrogens (tertiary/aromatic N) is 1. The van der Waals surface area contributed by atoms with Gasteiger partial charge in [0.05, 0.1) is 6.54 Å². The van der Waals surface area contributed by atoms with Crippen LogP contribution in [0.25, 0.3) is 0 Å². The molecule has 106 valence electrons. The molecule has 19 heavy (non-hydrogen) atoms. The first-order valence-electron chi connectivity index (χ1n) is 6.29. The molecule has 0 bridgehead atoms. The van der Waals surface area contributed by atoms with Gasteiger partial charge in [-0.1, -0.05) is 0 Å². The van der Waals surface area contributed by atoms with Gasteiger partial charge in [0.1, 0.15) is 11.6 Å². The van der Waals surface area contributed by atoms with Crippen molar-refractivity contribution in [3.05, 3.63) is 34.9 Å². The zero-order valence-corrected chi connectivity index (χ0v) is 11.8. The minimum atomic E-state index is -0.463. The van der Waals surface area contributed by atoms with Crippen LogP contribution in [0.15, 0.2) is 12.1 Å². The fourth-order valence-electron chi connectivity index (χ4n) is 1.66. The number of likely N-dealkylation sites (N-methyl/N-ethyl adjacent to an activating group) is 1. The number of carbonyl (C=O) groups excluding carboxylic acids is 1. The number of benzene rings is 1. The Morgan fingerprint density at radius 2 is 2.00 bits per heavy atom. The molecule has 0 aliphatic rings. The van der Waals surface area contributed by atoms with Crippen LogP contribution >= 0.6 is 0 Å². The second-order valence-electron chi connectivity index (χ2n) is 4.63. The van der Waals surface area contributed by atoms with E-state index in [-0.39, 0.29) is 23.6 Å². The zero-order chi connectivity index (χ0) is 14.6. The quantitative estimate of drug-likeness (QED) is 0.891. The van der Waals surface area contributed by atoms with Gasteiger partial charge in [-0.15, -0.1) is 0 Å². The van der Waals surface area contributed by atoms with Crippen LogP contribution in [0, 0.1) is 18.6 Å². The summed E-state index contributed by atoms with van der Waals surface area (Å²) in [7, 11) is 1.70. The summed E-state index contributed by atoms with van der Waals surface area (Å²) in [6.45, 7) is 5.80. The van der Waals surface area contributed by atoms with Crippen molar-refractivity contribution in [2.75, 3.05) is 20.1 Å². The van der Waals surface area contributed by atoms with Gasteiger partial charge in [-0.3, -0.25) is 4.79 Å². The first-order valence-corrected chi connectivity index (χ1v) is 6.29. The SMILES string of the molecule is CCN(C)C(=O)CNC(C)c1cc(F)c(C)cc1F. The minimum absolute atomic E-state index is 0.0812. The van der Waals surface area contributed by atoms with Gasteiger partial charge in [-0.2, -0.15) is 0 Å². The Bertz CT molecular complexity index is 463. The van der Waals surface area contributed by atoms with Gasteiger partial charge >= 0.3 is 0 Å². The second kappa shape index (κ2) is 6.61. The second-order valence-corrected chi connectivity index (χ2v) is 4.63. The molecule has 0 aliphatic heterocycles. The summed E-state index contributed by atoms with van der Waals surface area (Å²) in [6.07, 6.45) is 0. The van der Waals surface area contributed by atoms with Crippen LogP contribution in [-0.2, 0) is 4.79 Å². The molecular formula is C14H20F2N2O. The van der Waals surface area contributed by atoms with E-state index in [0.29, 0.717) is 6.54 Å². The van der Waals surface area contributed by atoms with Crippen LogP contribution in [0.1, 0.15) is 31.0 Å². The van der Waals surface area contributed by atoms with Gasteiger partial charge in [0.2, 0.25) is 5.91 Å². The number of carbonyl (C=O) groups is 1. The molecule has 5 heteroatoms. The Hall–Kier alpha value is -1.49. The molecular weight excluding hydrogens is 250 g/mol. The highest BCUT2D eigenvalue weighted by atomic mass is 19.1. The van der Waals surface area contributed by atoms with Crippen molar-refractivity contribution in [3.8, 4) is 0 Å². The molecule has 0 saturated carbocycles. The van der Waals surface area contributed by atoms with E-state index in [4.69, 9.17) is 0 Å². The molecule has 1 amide bonds. The zero-order valence-electron chi connectivity index (χ0n) is 11.8. The van der Waals surface area contributed by atoms with Crippen molar-refractivity contribution >= 4 is 5.91 Å². The normalized spacial score (nSPS) is 12.3. The number of halogens is 2.